The smallest absolute Gasteiger partial charge is 0.219 e. The van der Waals surface area contributed by atoms with Crippen LogP contribution in [0.25, 0.3) is 0 Å². The van der Waals surface area contributed by atoms with Gasteiger partial charge in [0, 0.05) is 32.4 Å². The number of aromatic nitrogens is 2. The monoisotopic (exact) mass is 193 g/mol. The minimum Gasteiger partial charge on any atom is -0.341 e. The Balaban J connectivity index is 2.04. The number of hydrogen-bond donors (Lipinski definition) is 0. The van der Waals surface area contributed by atoms with Crippen LogP contribution in [0.15, 0.2) is 18.5 Å². The molecule has 2 heterocycles. The van der Waals surface area contributed by atoms with Crippen molar-refractivity contribution in [3.63, 3.8) is 0 Å². The molecule has 0 spiro atoms. The van der Waals surface area contributed by atoms with E-state index in [0.29, 0.717) is 6.04 Å². The fourth-order valence-electron chi connectivity index (χ4n) is 1.95. The minimum atomic E-state index is 0.168. The molecule has 1 unspecified atom stereocenters. The van der Waals surface area contributed by atoms with Crippen molar-refractivity contribution < 1.29 is 4.79 Å². The van der Waals surface area contributed by atoms with Gasteiger partial charge in [0.25, 0.3) is 0 Å². The Morgan fingerprint density at radius 3 is 3.07 bits per heavy atom. The number of nitrogens with zero attached hydrogens (tertiary/aromatic N) is 3. The first-order chi connectivity index (χ1) is 6.77. The van der Waals surface area contributed by atoms with E-state index in [1.165, 1.54) is 0 Å². The van der Waals surface area contributed by atoms with Crippen molar-refractivity contribution in [2.45, 2.75) is 25.8 Å². The fraction of sp³-hybridized carbons (Fsp3) is 0.600. The summed E-state index contributed by atoms with van der Waals surface area (Å²) >= 11 is 0. The summed E-state index contributed by atoms with van der Waals surface area (Å²) in [6.45, 7) is 3.33. The summed E-state index contributed by atoms with van der Waals surface area (Å²) in [5, 5.41) is 4.21. The lowest BCUT2D eigenvalue weighted by molar-refractivity contribution is -0.130. The maximum Gasteiger partial charge on any atom is 0.219 e. The highest BCUT2D eigenvalue weighted by molar-refractivity contribution is 5.73. The predicted octanol–water partition coefficient (Wildman–Crippen LogP) is 1.07. The van der Waals surface area contributed by atoms with Crippen molar-refractivity contribution >= 4 is 5.91 Å². The molecule has 0 radical (unpaired) electrons. The zero-order valence-electron chi connectivity index (χ0n) is 8.39. The van der Waals surface area contributed by atoms with Gasteiger partial charge in [-0.05, 0) is 18.9 Å². The molecule has 1 aromatic heterocycles. The standard InChI is InChI=1S/C10H15N3O/c1-9(14)12-6-2-4-10(8-12)13-7-3-5-11-13/h3,5,7,10H,2,4,6,8H2,1H3. The van der Waals surface area contributed by atoms with E-state index >= 15 is 0 Å². The van der Waals surface area contributed by atoms with Crippen molar-refractivity contribution in [1.29, 1.82) is 0 Å². The summed E-state index contributed by atoms with van der Waals surface area (Å²) in [5.74, 6) is 0.168. The Hall–Kier alpha value is -1.32. The SMILES string of the molecule is CC(=O)N1CCCC(n2cccn2)C1. The molecule has 4 nitrogen and oxygen atoms in total. The van der Waals surface area contributed by atoms with Crippen molar-refractivity contribution in [3.05, 3.63) is 18.5 Å². The molecule has 0 aliphatic carbocycles. The highest BCUT2D eigenvalue weighted by Crippen LogP contribution is 2.20. The quantitative estimate of drug-likeness (QED) is 0.669. The molecule has 2 rings (SSSR count). The van der Waals surface area contributed by atoms with E-state index in [1.54, 1.807) is 13.1 Å². The highest BCUT2D eigenvalue weighted by Gasteiger charge is 2.22. The van der Waals surface area contributed by atoms with Crippen LogP contribution < -0.4 is 0 Å². The second-order valence-corrected chi connectivity index (χ2v) is 3.75. The van der Waals surface area contributed by atoms with Crippen molar-refractivity contribution in [2.75, 3.05) is 13.1 Å². The maximum absolute atomic E-state index is 11.2. The summed E-state index contributed by atoms with van der Waals surface area (Å²) in [5.41, 5.74) is 0. The lowest BCUT2D eigenvalue weighted by atomic mass is 10.1. The Kier molecular flexibility index (Phi) is 2.52. The van der Waals surface area contributed by atoms with E-state index < -0.39 is 0 Å². The summed E-state index contributed by atoms with van der Waals surface area (Å²) in [7, 11) is 0. The van der Waals surface area contributed by atoms with Crippen LogP contribution in [0.4, 0.5) is 0 Å². The minimum absolute atomic E-state index is 0.168. The van der Waals surface area contributed by atoms with Crippen molar-refractivity contribution in [3.8, 4) is 0 Å². The molecule has 1 aromatic rings. The molecule has 14 heavy (non-hydrogen) atoms. The molecular weight excluding hydrogens is 178 g/mol. The molecule has 0 aromatic carbocycles. The van der Waals surface area contributed by atoms with Gasteiger partial charge in [-0.3, -0.25) is 9.48 Å². The molecule has 76 valence electrons. The second-order valence-electron chi connectivity index (χ2n) is 3.75. The zero-order valence-corrected chi connectivity index (χ0v) is 8.39. The molecule has 0 saturated carbocycles. The average Bonchev–Trinajstić information content (AvgIpc) is 2.71. The van der Waals surface area contributed by atoms with Gasteiger partial charge in [0.2, 0.25) is 5.91 Å². The van der Waals surface area contributed by atoms with Gasteiger partial charge in [0.15, 0.2) is 0 Å². The summed E-state index contributed by atoms with van der Waals surface area (Å²) in [4.78, 5) is 13.1. The Morgan fingerprint density at radius 1 is 1.57 bits per heavy atom. The molecule has 1 atom stereocenters. The van der Waals surface area contributed by atoms with E-state index in [4.69, 9.17) is 0 Å². The summed E-state index contributed by atoms with van der Waals surface area (Å²) < 4.78 is 1.95. The van der Waals surface area contributed by atoms with Gasteiger partial charge in [-0.1, -0.05) is 0 Å². The first-order valence-electron chi connectivity index (χ1n) is 5.02. The number of rotatable bonds is 1. The summed E-state index contributed by atoms with van der Waals surface area (Å²) in [6.07, 6.45) is 5.94. The topological polar surface area (TPSA) is 38.1 Å². The van der Waals surface area contributed by atoms with Crippen molar-refractivity contribution in [1.82, 2.24) is 14.7 Å². The Bertz CT molecular complexity index is 307. The van der Waals surface area contributed by atoms with Crippen LogP contribution in [0.2, 0.25) is 0 Å². The van der Waals surface area contributed by atoms with Gasteiger partial charge in [-0.2, -0.15) is 5.10 Å². The average molecular weight is 193 g/mol. The maximum atomic E-state index is 11.2. The molecule has 0 N–H and O–H groups in total. The van der Waals surface area contributed by atoms with Gasteiger partial charge >= 0.3 is 0 Å². The molecule has 1 amide bonds. The molecule has 1 aliphatic rings. The Morgan fingerprint density at radius 2 is 2.43 bits per heavy atom. The molecule has 1 fully saturated rings. The largest absolute Gasteiger partial charge is 0.341 e. The molecule has 1 aliphatic heterocycles. The Labute approximate surface area is 83.5 Å². The van der Waals surface area contributed by atoms with Crippen LogP contribution in [0, 0.1) is 0 Å². The van der Waals surface area contributed by atoms with Gasteiger partial charge in [0.05, 0.1) is 6.04 Å². The first-order valence-corrected chi connectivity index (χ1v) is 5.02. The molecular formula is C10H15N3O. The first kappa shape index (κ1) is 9.24. The number of likely N-dealkylation sites (tertiary alicyclic amines) is 1. The van der Waals surface area contributed by atoms with Crippen LogP contribution >= 0.6 is 0 Å². The van der Waals surface area contributed by atoms with Crippen molar-refractivity contribution in [2.24, 2.45) is 0 Å². The van der Waals surface area contributed by atoms with E-state index in [1.807, 2.05) is 21.8 Å². The normalized spacial score (nSPS) is 22.4. The number of hydrogen-bond acceptors (Lipinski definition) is 2. The summed E-state index contributed by atoms with van der Waals surface area (Å²) in [6, 6.07) is 2.29. The molecule has 4 heteroatoms. The van der Waals surface area contributed by atoms with E-state index in [2.05, 4.69) is 5.10 Å². The second kappa shape index (κ2) is 3.82. The fourth-order valence-corrected chi connectivity index (χ4v) is 1.95. The van der Waals surface area contributed by atoms with E-state index in [0.717, 1.165) is 25.9 Å². The number of piperidine rings is 1. The molecule has 1 saturated heterocycles. The predicted molar refractivity (Wildman–Crippen MR) is 52.8 cm³/mol. The third-order valence-corrected chi connectivity index (χ3v) is 2.74. The van der Waals surface area contributed by atoms with Crippen LogP contribution in [-0.4, -0.2) is 33.7 Å². The van der Waals surface area contributed by atoms with Gasteiger partial charge in [-0.15, -0.1) is 0 Å². The van der Waals surface area contributed by atoms with Crippen LogP contribution in [0.3, 0.4) is 0 Å². The number of amides is 1. The van der Waals surface area contributed by atoms with E-state index in [9.17, 15) is 4.79 Å². The van der Waals surface area contributed by atoms with Crippen LogP contribution in [0.5, 0.6) is 0 Å². The number of carbonyl (C=O) groups excluding carboxylic acids is 1. The third kappa shape index (κ3) is 1.78. The lowest BCUT2D eigenvalue weighted by Gasteiger charge is -2.32. The zero-order chi connectivity index (χ0) is 9.97. The highest BCUT2D eigenvalue weighted by atomic mass is 16.2. The lowest BCUT2D eigenvalue weighted by Crippen LogP contribution is -2.39. The van der Waals surface area contributed by atoms with Gasteiger partial charge in [-0.25, -0.2) is 0 Å². The van der Waals surface area contributed by atoms with Crippen LogP contribution in [0.1, 0.15) is 25.8 Å². The van der Waals surface area contributed by atoms with E-state index in [-0.39, 0.29) is 5.91 Å². The number of carbonyl (C=O) groups is 1. The van der Waals surface area contributed by atoms with Gasteiger partial charge < -0.3 is 4.90 Å². The van der Waals surface area contributed by atoms with Gasteiger partial charge in [0.1, 0.15) is 0 Å². The third-order valence-electron chi connectivity index (χ3n) is 2.74. The van der Waals surface area contributed by atoms with Crippen LogP contribution in [-0.2, 0) is 4.79 Å². The molecule has 0 bridgehead atoms.